The smallest absolute Gasteiger partial charge is 0.240 e. The number of aromatic nitrogens is 2. The minimum Gasteiger partial charge on any atom is -0.354 e. The van der Waals surface area contributed by atoms with Gasteiger partial charge in [0.25, 0.3) is 0 Å². The lowest BCUT2D eigenvalue weighted by molar-refractivity contribution is -0.122. The number of thioether (sulfide) groups is 1. The number of carbonyl (C=O) groups excluding carboxylic acids is 2. The number of para-hydroxylation sites is 1. The highest BCUT2D eigenvalue weighted by Crippen LogP contribution is 2.34. The number of benzene rings is 1. The van der Waals surface area contributed by atoms with Crippen LogP contribution >= 0.6 is 11.8 Å². The summed E-state index contributed by atoms with van der Waals surface area (Å²) >= 11 is 1.52. The molecule has 0 saturated heterocycles. The predicted molar refractivity (Wildman–Crippen MR) is 98.9 cm³/mol. The van der Waals surface area contributed by atoms with E-state index in [2.05, 4.69) is 10.4 Å². The molecule has 2 aromatic rings. The molecule has 1 aromatic carbocycles. The Balaban J connectivity index is 1.59. The van der Waals surface area contributed by atoms with Gasteiger partial charge in [-0.3, -0.25) is 14.3 Å². The number of rotatable bonds is 5. The first-order valence-corrected chi connectivity index (χ1v) is 9.24. The summed E-state index contributed by atoms with van der Waals surface area (Å²) < 4.78 is 1.85. The van der Waals surface area contributed by atoms with Crippen LogP contribution in [0, 0.1) is 13.8 Å². The normalized spacial score (nSPS) is 13.7. The van der Waals surface area contributed by atoms with E-state index < -0.39 is 0 Å². The number of hydrogen-bond donors (Lipinski definition) is 1. The number of nitrogens with zero attached hydrogens (tertiary/aromatic N) is 3. The Labute approximate surface area is 151 Å². The summed E-state index contributed by atoms with van der Waals surface area (Å²) in [5.41, 5.74) is 4.09. The Hall–Kier alpha value is -2.28. The monoisotopic (exact) mass is 358 g/mol. The van der Waals surface area contributed by atoms with Crippen molar-refractivity contribution < 1.29 is 9.59 Å². The molecule has 0 bridgehead atoms. The molecule has 0 radical (unpaired) electrons. The number of hydrogen-bond acceptors (Lipinski definition) is 4. The Kier molecular flexibility index (Phi) is 5.13. The molecule has 2 amide bonds. The summed E-state index contributed by atoms with van der Waals surface area (Å²) in [6.45, 7) is 4.59. The largest absolute Gasteiger partial charge is 0.354 e. The zero-order valence-electron chi connectivity index (χ0n) is 14.7. The number of amides is 2. The number of aryl methyl sites for hydroxylation is 2. The molecule has 1 aliphatic heterocycles. The first-order chi connectivity index (χ1) is 12.0. The Bertz CT molecular complexity index is 815. The van der Waals surface area contributed by atoms with E-state index in [1.165, 1.54) is 17.3 Å². The van der Waals surface area contributed by atoms with E-state index in [1.807, 2.05) is 49.8 Å². The van der Waals surface area contributed by atoms with Crippen molar-refractivity contribution in [3.8, 4) is 0 Å². The zero-order chi connectivity index (χ0) is 18.0. The Morgan fingerprint density at radius 2 is 2.08 bits per heavy atom. The van der Waals surface area contributed by atoms with E-state index in [-0.39, 0.29) is 18.4 Å². The number of anilines is 1. The topological polar surface area (TPSA) is 67.2 Å². The molecule has 0 spiro atoms. The van der Waals surface area contributed by atoms with Gasteiger partial charge in [-0.05, 0) is 38.0 Å². The fourth-order valence-electron chi connectivity index (χ4n) is 3.03. The molecule has 7 heteroatoms. The van der Waals surface area contributed by atoms with Crippen LogP contribution in [0.15, 0.2) is 29.2 Å². The SMILES string of the molecule is Cc1nn(C)c(C)c1CCNC(=O)CN1C(=O)CSc2ccccc21. The van der Waals surface area contributed by atoms with Gasteiger partial charge in [0.2, 0.25) is 11.8 Å². The van der Waals surface area contributed by atoms with Crippen molar-refractivity contribution in [2.75, 3.05) is 23.7 Å². The average Bonchev–Trinajstić information content (AvgIpc) is 2.83. The van der Waals surface area contributed by atoms with E-state index in [0.29, 0.717) is 12.3 Å². The average molecular weight is 358 g/mol. The Morgan fingerprint density at radius 1 is 1.32 bits per heavy atom. The summed E-state index contributed by atoms with van der Waals surface area (Å²) in [5, 5.41) is 7.30. The molecule has 1 N–H and O–H groups in total. The van der Waals surface area contributed by atoms with Gasteiger partial charge in [-0.25, -0.2) is 0 Å². The first kappa shape index (κ1) is 17.5. The molecule has 0 atom stereocenters. The predicted octanol–water partition coefficient (Wildman–Crippen LogP) is 1.83. The Morgan fingerprint density at radius 3 is 2.80 bits per heavy atom. The van der Waals surface area contributed by atoms with Crippen LogP contribution in [0.3, 0.4) is 0 Å². The summed E-state index contributed by atoms with van der Waals surface area (Å²) in [6, 6.07) is 7.69. The quantitative estimate of drug-likeness (QED) is 0.886. The van der Waals surface area contributed by atoms with Crippen LogP contribution in [0.2, 0.25) is 0 Å². The molecule has 1 aliphatic rings. The maximum absolute atomic E-state index is 12.3. The van der Waals surface area contributed by atoms with Crippen LogP contribution in [0.4, 0.5) is 5.69 Å². The molecule has 0 saturated carbocycles. The van der Waals surface area contributed by atoms with Crippen molar-refractivity contribution in [1.29, 1.82) is 0 Å². The molecule has 2 heterocycles. The molecule has 1 aromatic heterocycles. The maximum atomic E-state index is 12.3. The van der Waals surface area contributed by atoms with Crippen molar-refractivity contribution in [3.63, 3.8) is 0 Å². The van der Waals surface area contributed by atoms with Gasteiger partial charge >= 0.3 is 0 Å². The molecule has 0 unspecified atom stereocenters. The number of carbonyl (C=O) groups is 2. The van der Waals surface area contributed by atoms with Gasteiger partial charge in [-0.15, -0.1) is 11.8 Å². The lowest BCUT2D eigenvalue weighted by Gasteiger charge is -2.28. The van der Waals surface area contributed by atoms with Crippen LogP contribution in [0.5, 0.6) is 0 Å². The highest BCUT2D eigenvalue weighted by atomic mass is 32.2. The molecule has 6 nitrogen and oxygen atoms in total. The van der Waals surface area contributed by atoms with Gasteiger partial charge < -0.3 is 10.2 Å². The molecule has 0 aliphatic carbocycles. The van der Waals surface area contributed by atoms with Crippen molar-refractivity contribution in [1.82, 2.24) is 15.1 Å². The van der Waals surface area contributed by atoms with E-state index >= 15 is 0 Å². The second kappa shape index (κ2) is 7.31. The second-order valence-electron chi connectivity index (χ2n) is 6.11. The molecule has 3 rings (SSSR count). The minimum absolute atomic E-state index is 0.0298. The van der Waals surface area contributed by atoms with Crippen LogP contribution in [0.1, 0.15) is 17.0 Å². The number of fused-ring (bicyclic) bond motifs is 1. The number of nitrogens with one attached hydrogen (secondary N) is 1. The molecule has 0 fully saturated rings. The van der Waals surface area contributed by atoms with Crippen LogP contribution in [-0.4, -0.2) is 40.4 Å². The van der Waals surface area contributed by atoms with E-state index in [1.54, 1.807) is 4.90 Å². The fraction of sp³-hybridized carbons (Fsp3) is 0.389. The van der Waals surface area contributed by atoms with Gasteiger partial charge in [0.05, 0.1) is 17.1 Å². The van der Waals surface area contributed by atoms with E-state index in [0.717, 1.165) is 28.4 Å². The van der Waals surface area contributed by atoms with Crippen LogP contribution in [0.25, 0.3) is 0 Å². The second-order valence-corrected chi connectivity index (χ2v) is 7.13. The van der Waals surface area contributed by atoms with Gasteiger partial charge in [0.1, 0.15) is 6.54 Å². The van der Waals surface area contributed by atoms with Crippen molar-refractivity contribution in [2.24, 2.45) is 7.05 Å². The van der Waals surface area contributed by atoms with Gasteiger partial charge in [0, 0.05) is 24.2 Å². The fourth-order valence-corrected chi connectivity index (χ4v) is 3.97. The van der Waals surface area contributed by atoms with E-state index in [9.17, 15) is 9.59 Å². The molecule has 25 heavy (non-hydrogen) atoms. The summed E-state index contributed by atoms with van der Waals surface area (Å²) in [5.74, 6) is 0.199. The maximum Gasteiger partial charge on any atom is 0.240 e. The lowest BCUT2D eigenvalue weighted by Crippen LogP contribution is -2.43. The standard InChI is InChI=1S/C18H22N4O2S/c1-12-14(13(2)21(3)20-12)8-9-19-17(23)10-22-15-6-4-5-7-16(15)25-11-18(22)24/h4-7H,8-11H2,1-3H3,(H,19,23). The van der Waals surface area contributed by atoms with Crippen LogP contribution in [-0.2, 0) is 23.1 Å². The molecular formula is C18H22N4O2S. The summed E-state index contributed by atoms with van der Waals surface area (Å²) in [4.78, 5) is 27.1. The van der Waals surface area contributed by atoms with Crippen molar-refractivity contribution in [3.05, 3.63) is 41.2 Å². The van der Waals surface area contributed by atoms with Crippen molar-refractivity contribution in [2.45, 2.75) is 25.2 Å². The van der Waals surface area contributed by atoms with E-state index in [4.69, 9.17) is 0 Å². The lowest BCUT2D eigenvalue weighted by atomic mass is 10.1. The van der Waals surface area contributed by atoms with Crippen LogP contribution < -0.4 is 10.2 Å². The highest BCUT2D eigenvalue weighted by molar-refractivity contribution is 8.00. The molecular weight excluding hydrogens is 336 g/mol. The third-order valence-electron chi connectivity index (χ3n) is 4.47. The first-order valence-electron chi connectivity index (χ1n) is 8.25. The zero-order valence-corrected chi connectivity index (χ0v) is 15.5. The van der Waals surface area contributed by atoms with Gasteiger partial charge in [0.15, 0.2) is 0 Å². The summed E-state index contributed by atoms with van der Waals surface area (Å²) in [7, 11) is 1.92. The highest BCUT2D eigenvalue weighted by Gasteiger charge is 2.26. The van der Waals surface area contributed by atoms with Gasteiger partial charge in [-0.2, -0.15) is 5.10 Å². The molecule has 132 valence electrons. The summed E-state index contributed by atoms with van der Waals surface area (Å²) in [6.07, 6.45) is 0.734. The van der Waals surface area contributed by atoms with Gasteiger partial charge in [-0.1, -0.05) is 12.1 Å². The minimum atomic E-state index is -0.144. The van der Waals surface area contributed by atoms with Crippen molar-refractivity contribution >= 4 is 29.3 Å². The third kappa shape index (κ3) is 3.71. The third-order valence-corrected chi connectivity index (χ3v) is 5.51.